The highest BCUT2D eigenvalue weighted by atomic mass is 35.5. The van der Waals surface area contributed by atoms with E-state index in [1.165, 1.54) is 83.3 Å². The third kappa shape index (κ3) is 20.3. The summed E-state index contributed by atoms with van der Waals surface area (Å²) in [5.41, 5.74) is 9.72. The van der Waals surface area contributed by atoms with Gasteiger partial charge in [0.15, 0.2) is 30.2 Å². The number of halogens is 1. The van der Waals surface area contributed by atoms with Crippen molar-refractivity contribution in [3.63, 3.8) is 0 Å². The van der Waals surface area contributed by atoms with Crippen LogP contribution >= 0.6 is 11.6 Å². The van der Waals surface area contributed by atoms with Crippen LogP contribution in [0.2, 0.25) is 5.02 Å². The second-order valence-electron chi connectivity index (χ2n) is 32.8. The van der Waals surface area contributed by atoms with Gasteiger partial charge in [-0.2, -0.15) is 0 Å². The highest BCUT2D eigenvalue weighted by Crippen LogP contribution is 2.50. The smallest absolute Gasteiger partial charge is 0.248 e. The number of aliphatic hydroxyl groups excluding tert-OH is 6. The molecule has 662 valence electrons. The number of carbonyl (C=O) groups is 8. The second-order valence-corrected chi connectivity index (χ2v) is 33.2. The molecule has 37 heteroatoms. The number of phenolic OH excluding ortho intramolecular Hbond substituents is 3. The summed E-state index contributed by atoms with van der Waals surface area (Å²) in [6.45, 7) is 8.51. The minimum atomic E-state index is -2.34. The number of hydrogen-bond acceptors (Lipinski definition) is 28. The van der Waals surface area contributed by atoms with Gasteiger partial charge in [-0.3, -0.25) is 38.4 Å². The predicted octanol–water partition coefficient (Wildman–Crippen LogP) is 2.75. The molecule has 9 unspecified atom stereocenters. The molecule has 22 atom stereocenters. The van der Waals surface area contributed by atoms with Crippen LogP contribution < -0.4 is 73.5 Å². The molecule has 8 aliphatic rings. The number of hydrogen-bond donors (Lipinski definition) is 20. The molecule has 8 aliphatic heterocycles. The van der Waals surface area contributed by atoms with Gasteiger partial charge in [0.25, 0.3) is 0 Å². The molecule has 11 bridgehead atoms. The maximum Gasteiger partial charge on any atom is 0.248 e. The fraction of sp³-hybridized carbons (Fsp3) is 0.425. The van der Waals surface area contributed by atoms with Crippen molar-refractivity contribution >= 4 is 58.9 Å². The third-order valence-corrected chi connectivity index (χ3v) is 23.0. The monoisotopic (exact) mass is 1740 g/mol. The van der Waals surface area contributed by atoms with Gasteiger partial charge >= 0.3 is 0 Å². The highest BCUT2D eigenvalue weighted by molar-refractivity contribution is 6.32. The largest absolute Gasteiger partial charge is 0.508 e. The van der Waals surface area contributed by atoms with Crippen molar-refractivity contribution in [2.75, 3.05) is 13.7 Å². The average molecular weight is 1740 g/mol. The normalized spacial score (nSPS) is 29.8. The molecule has 124 heavy (non-hydrogen) atoms. The van der Waals surface area contributed by atoms with Gasteiger partial charge in [-0.05, 0) is 141 Å². The van der Waals surface area contributed by atoms with E-state index in [4.69, 9.17) is 61.0 Å². The van der Waals surface area contributed by atoms with E-state index in [0.717, 1.165) is 36.4 Å². The number of rotatable bonds is 19. The Hall–Kier alpha value is -11.2. The van der Waals surface area contributed by atoms with Crippen LogP contribution in [0.25, 0.3) is 11.1 Å². The summed E-state index contributed by atoms with van der Waals surface area (Å²) in [7, 11) is 1.50. The van der Waals surface area contributed by atoms with E-state index in [1.54, 1.807) is 60.7 Å². The van der Waals surface area contributed by atoms with Gasteiger partial charge in [-0.25, -0.2) is 0 Å². The third-order valence-electron chi connectivity index (χ3n) is 22.7. The molecule has 36 nitrogen and oxygen atoms in total. The van der Waals surface area contributed by atoms with Crippen LogP contribution in [0.15, 0.2) is 146 Å². The molecule has 3 saturated heterocycles. The molecular weight excluding hydrogens is 1630 g/mol. The lowest BCUT2D eigenvalue weighted by atomic mass is 9.86. The van der Waals surface area contributed by atoms with E-state index >= 15 is 28.8 Å². The molecule has 15 rings (SSSR count). The Labute approximate surface area is 716 Å². The lowest BCUT2D eigenvalue weighted by Crippen LogP contribution is -2.64. The van der Waals surface area contributed by atoms with Crippen LogP contribution in [0.1, 0.15) is 137 Å². The summed E-state index contributed by atoms with van der Waals surface area (Å²) in [6.07, 6.45) is -22.2. The van der Waals surface area contributed by atoms with Crippen LogP contribution in [0.4, 0.5) is 0 Å². The zero-order chi connectivity index (χ0) is 89.1. The maximum atomic E-state index is 16.8. The van der Waals surface area contributed by atoms with E-state index in [1.807, 2.05) is 13.8 Å². The molecule has 3 fully saturated rings. The van der Waals surface area contributed by atoms with Crippen LogP contribution in [0, 0.1) is 5.92 Å². The quantitative estimate of drug-likeness (QED) is 0.0553. The lowest BCUT2D eigenvalue weighted by molar-refractivity contribution is -0.333. The molecule has 8 heterocycles. The SMILES string of the molecule is CNC(CC(C)C)C(=O)NC1C(=O)NC(CC(=O)NCc2ccccc2)C(=O)NC2C(=O)NC3C(=O)NC(C(=O)NC(C(=O)NCc4ccccc4)c4cc(O)cc(O)c4-c4cc3ccc4O)C(O[C@H]3C[C@](C)(N)[C@@H](O)[C@H](C)O3)c3ccc(cc3)Oc3cc2cc(c3O[C@@H]2O[C@H](CO)[C@@H](O)[C@H](O)[C@H]2O[C@H]2C[C@](C)(N)[C@@H](O)[C@H](C)O2)Oc2ccc(cc2Cl)C1O. The topological polar surface area (TPSA) is 553 Å². The Morgan fingerprint density at radius 1 is 0.613 bits per heavy atom. The average Bonchev–Trinajstić information content (AvgIpc) is 0.762. The summed E-state index contributed by atoms with van der Waals surface area (Å²) in [5, 5.41) is 130. The number of aliphatic hydroxyl groups is 6. The van der Waals surface area contributed by atoms with Gasteiger partial charge < -0.3 is 143 Å². The summed E-state index contributed by atoms with van der Waals surface area (Å²) in [6, 6.07) is 19.9. The lowest BCUT2D eigenvalue weighted by Gasteiger charge is -2.47. The van der Waals surface area contributed by atoms with E-state index in [2.05, 4.69) is 47.9 Å². The first-order valence-electron chi connectivity index (χ1n) is 40.4. The molecular formula is C87H102ClN11O25. The van der Waals surface area contributed by atoms with E-state index in [0.29, 0.717) is 11.1 Å². The summed E-state index contributed by atoms with van der Waals surface area (Å²) < 4.78 is 52.6. The van der Waals surface area contributed by atoms with Gasteiger partial charge in [0.2, 0.25) is 59.3 Å². The fourth-order valence-electron chi connectivity index (χ4n) is 16.0. The standard InChI is InChI=1S/C87H102ClN11O25/c1-39(2)26-53(91-7)78(110)98-68-70(105)46-21-25-57(52(88)28-46)120-59-30-47-29-58(74(59)124-85-75(72(107)71(106)60(38-100)121-85)123-63-35-87(6,90)77(109)41(4)118-63)119-49-22-18-44(19-23-49)73(122-62-34-86(5,89)76(108)40(3)117-62)69-84(116)97-67(80(112)93-37-43-16-12-9-13-17-43)51-31-48(101)32-56(103)64(51)50-27-45(20-24-55(50)102)65(81(113)99-69)96-82(114)66(47)95-79(111)54(94-83(68)115)33-61(104)92-36-42-14-10-8-11-15-42/h8-25,27-32,39-41,53-54,60,62-63,65-73,75-77,85,91,100-103,105-109H,26,33-38,89-90H2,1-7H3,(H,92,104)(H,93,112)(H,94,115)(H,95,111)(H,96,114)(H,97,116)(H,98,110)(H,99,113)/t40-,41-,53?,54?,60+,62-,63-,65?,66?,67?,68?,69?,70?,71+,72-,73?,75+,76-,77-,85-,86-,87-/m0/s1. The Kier molecular flexibility index (Phi) is 27.8. The Bertz CT molecular complexity index is 5100. The van der Waals surface area contributed by atoms with Gasteiger partial charge in [0.05, 0.1) is 48.5 Å². The van der Waals surface area contributed by atoms with Crippen molar-refractivity contribution < 1.29 is 122 Å². The molecule has 0 aromatic heterocycles. The number of nitrogens with two attached hydrogens (primary N) is 2. The van der Waals surface area contributed by atoms with Crippen molar-refractivity contribution in [2.45, 2.75) is 214 Å². The highest BCUT2D eigenvalue weighted by Gasteiger charge is 2.53. The first-order valence-corrected chi connectivity index (χ1v) is 40.8. The van der Waals surface area contributed by atoms with E-state index in [9.17, 15) is 55.5 Å². The predicted molar refractivity (Wildman–Crippen MR) is 440 cm³/mol. The molecule has 0 saturated carbocycles. The molecule has 8 amide bonds. The summed E-state index contributed by atoms with van der Waals surface area (Å²) in [5.74, 6) is -13.6. The number of nitrogens with one attached hydrogen (secondary N) is 9. The molecule has 7 aromatic rings. The molecule has 7 aromatic carbocycles. The van der Waals surface area contributed by atoms with Crippen molar-refractivity contribution in [1.82, 2.24) is 47.9 Å². The van der Waals surface area contributed by atoms with Crippen molar-refractivity contribution in [1.29, 1.82) is 0 Å². The number of fused-ring (bicyclic) bond motifs is 15. The molecule has 0 aliphatic carbocycles. The zero-order valence-corrected chi connectivity index (χ0v) is 69.3. The minimum Gasteiger partial charge on any atom is -0.508 e. The van der Waals surface area contributed by atoms with Crippen LogP contribution in [0.5, 0.6) is 46.0 Å². The second kappa shape index (κ2) is 38.1. The number of phenols is 3. The Balaban J connectivity index is 1.06. The Morgan fingerprint density at radius 2 is 1.20 bits per heavy atom. The number of aromatic hydroxyl groups is 3. The number of ether oxygens (including phenoxy) is 8. The van der Waals surface area contributed by atoms with Crippen molar-refractivity contribution in [3.05, 3.63) is 190 Å². The van der Waals surface area contributed by atoms with Crippen LogP contribution in [-0.2, 0) is 75.1 Å². The van der Waals surface area contributed by atoms with E-state index < -0.39 is 239 Å². The van der Waals surface area contributed by atoms with Crippen LogP contribution in [-0.4, -0.2) is 210 Å². The van der Waals surface area contributed by atoms with Crippen LogP contribution in [0.3, 0.4) is 0 Å². The van der Waals surface area contributed by atoms with Crippen molar-refractivity contribution in [3.8, 4) is 57.1 Å². The van der Waals surface area contributed by atoms with E-state index in [-0.39, 0.29) is 82.6 Å². The fourth-order valence-corrected chi connectivity index (χ4v) is 16.2. The summed E-state index contributed by atoms with van der Waals surface area (Å²) in [4.78, 5) is 126. The number of likely N-dealkylation sites (N-methyl/N-ethyl adjacent to an activating group) is 1. The first-order chi connectivity index (χ1) is 59.0. The van der Waals surface area contributed by atoms with Gasteiger partial charge in [0.1, 0.15) is 95.5 Å². The van der Waals surface area contributed by atoms with Gasteiger partial charge in [-0.1, -0.05) is 110 Å². The number of carbonyl (C=O) groups excluding carboxylic acids is 8. The molecule has 22 N–H and O–H groups in total. The molecule has 0 radical (unpaired) electrons. The summed E-state index contributed by atoms with van der Waals surface area (Å²) >= 11 is 7.25. The van der Waals surface area contributed by atoms with Crippen molar-refractivity contribution in [2.24, 2.45) is 17.4 Å². The van der Waals surface area contributed by atoms with Gasteiger partial charge in [0, 0.05) is 54.2 Å². The zero-order valence-electron chi connectivity index (χ0n) is 68.5. The Morgan fingerprint density at radius 3 is 1.81 bits per heavy atom. The van der Waals surface area contributed by atoms with Gasteiger partial charge in [-0.15, -0.1) is 0 Å². The number of benzene rings is 7. The number of amides is 8. The first kappa shape index (κ1) is 90.6. The maximum absolute atomic E-state index is 16.8. The minimum absolute atomic E-state index is 0.00525. The molecule has 0 spiro atoms.